The molecule has 1 amide bonds. The van der Waals surface area contributed by atoms with Gasteiger partial charge in [0.1, 0.15) is 17.9 Å². The number of hydrogen-bond acceptors (Lipinski definition) is 3. The van der Waals surface area contributed by atoms with Crippen molar-refractivity contribution in [2.24, 2.45) is 0 Å². The fourth-order valence-corrected chi connectivity index (χ4v) is 1.40. The summed E-state index contributed by atoms with van der Waals surface area (Å²) >= 11 is 0. The summed E-state index contributed by atoms with van der Waals surface area (Å²) in [6.45, 7) is 1.95. The lowest BCUT2D eigenvalue weighted by Gasteiger charge is -1.93. The molecule has 0 aromatic carbocycles. The SMILES string of the molecule is Cc1ccn2cc(C(=O)NCC#N)nc2c1. The zero-order valence-electron chi connectivity index (χ0n) is 8.77. The number of aryl methyl sites for hydroxylation is 1. The van der Waals surface area contributed by atoms with E-state index in [-0.39, 0.29) is 12.5 Å². The van der Waals surface area contributed by atoms with Crippen molar-refractivity contribution in [3.05, 3.63) is 35.8 Å². The Morgan fingerprint density at radius 3 is 3.25 bits per heavy atom. The molecule has 1 N–H and O–H groups in total. The predicted molar refractivity (Wildman–Crippen MR) is 57.9 cm³/mol. The smallest absolute Gasteiger partial charge is 0.272 e. The van der Waals surface area contributed by atoms with Crippen LogP contribution in [-0.4, -0.2) is 21.8 Å². The summed E-state index contributed by atoms with van der Waals surface area (Å²) < 4.78 is 1.77. The van der Waals surface area contributed by atoms with E-state index in [2.05, 4.69) is 10.3 Å². The molecule has 0 aliphatic rings. The van der Waals surface area contributed by atoms with Gasteiger partial charge in [0.05, 0.1) is 6.07 Å². The lowest BCUT2D eigenvalue weighted by molar-refractivity contribution is 0.0954. The third-order valence-electron chi connectivity index (χ3n) is 2.18. The minimum atomic E-state index is -0.331. The van der Waals surface area contributed by atoms with E-state index in [1.54, 1.807) is 10.6 Å². The van der Waals surface area contributed by atoms with Gasteiger partial charge in [0.2, 0.25) is 0 Å². The first-order valence-electron chi connectivity index (χ1n) is 4.81. The minimum absolute atomic E-state index is 0.00820. The van der Waals surface area contributed by atoms with E-state index < -0.39 is 0 Å². The number of imidazole rings is 1. The van der Waals surface area contributed by atoms with E-state index >= 15 is 0 Å². The van der Waals surface area contributed by atoms with E-state index in [0.717, 1.165) is 11.2 Å². The van der Waals surface area contributed by atoms with Crippen LogP contribution in [0.15, 0.2) is 24.5 Å². The van der Waals surface area contributed by atoms with Crippen LogP contribution in [0.3, 0.4) is 0 Å². The Balaban J connectivity index is 2.33. The summed E-state index contributed by atoms with van der Waals surface area (Å²) in [7, 11) is 0. The highest BCUT2D eigenvalue weighted by Gasteiger charge is 2.09. The molecule has 0 aliphatic heterocycles. The molecule has 0 fully saturated rings. The van der Waals surface area contributed by atoms with Gasteiger partial charge < -0.3 is 9.72 Å². The number of aromatic nitrogens is 2. The Morgan fingerprint density at radius 2 is 2.50 bits per heavy atom. The highest BCUT2D eigenvalue weighted by molar-refractivity contribution is 5.92. The van der Waals surface area contributed by atoms with Crippen LogP contribution >= 0.6 is 0 Å². The standard InChI is InChI=1S/C11H10N4O/c1-8-2-5-15-7-9(14-10(15)6-8)11(16)13-4-3-12/h2,5-7H,4H2,1H3,(H,13,16). The number of nitrogens with one attached hydrogen (secondary N) is 1. The lowest BCUT2D eigenvalue weighted by atomic mass is 10.3. The number of pyridine rings is 1. The molecule has 2 aromatic heterocycles. The second-order valence-electron chi connectivity index (χ2n) is 3.44. The Bertz CT molecular complexity index is 579. The van der Waals surface area contributed by atoms with Gasteiger partial charge in [-0.05, 0) is 24.6 Å². The van der Waals surface area contributed by atoms with Gasteiger partial charge in [-0.25, -0.2) is 4.98 Å². The first-order valence-corrected chi connectivity index (χ1v) is 4.81. The Labute approximate surface area is 92.3 Å². The molecular formula is C11H10N4O. The summed E-state index contributed by atoms with van der Waals surface area (Å²) in [4.78, 5) is 15.7. The van der Waals surface area contributed by atoms with E-state index in [1.165, 1.54) is 0 Å². The lowest BCUT2D eigenvalue weighted by Crippen LogP contribution is -2.23. The number of nitrogens with zero attached hydrogens (tertiary/aromatic N) is 3. The third-order valence-corrected chi connectivity index (χ3v) is 2.18. The van der Waals surface area contributed by atoms with Crippen molar-refractivity contribution in [2.75, 3.05) is 6.54 Å². The second kappa shape index (κ2) is 4.03. The Morgan fingerprint density at radius 1 is 1.69 bits per heavy atom. The maximum Gasteiger partial charge on any atom is 0.272 e. The molecule has 16 heavy (non-hydrogen) atoms. The number of hydrogen-bond donors (Lipinski definition) is 1. The second-order valence-corrected chi connectivity index (χ2v) is 3.44. The average molecular weight is 214 g/mol. The monoisotopic (exact) mass is 214 g/mol. The van der Waals surface area contributed by atoms with Crippen molar-refractivity contribution < 1.29 is 4.79 Å². The average Bonchev–Trinajstić information content (AvgIpc) is 2.68. The molecule has 0 saturated carbocycles. The van der Waals surface area contributed by atoms with Crippen LogP contribution in [0.5, 0.6) is 0 Å². The van der Waals surface area contributed by atoms with Crippen LogP contribution in [0.1, 0.15) is 16.1 Å². The molecule has 0 aliphatic carbocycles. The van der Waals surface area contributed by atoms with E-state index in [9.17, 15) is 4.79 Å². The Hall–Kier alpha value is -2.35. The van der Waals surface area contributed by atoms with Crippen LogP contribution in [0.4, 0.5) is 0 Å². The highest BCUT2D eigenvalue weighted by atomic mass is 16.1. The van der Waals surface area contributed by atoms with Gasteiger partial charge in [-0.15, -0.1) is 0 Å². The molecule has 0 saturated heterocycles. The van der Waals surface area contributed by atoms with Gasteiger partial charge >= 0.3 is 0 Å². The van der Waals surface area contributed by atoms with Crippen molar-refractivity contribution in [3.63, 3.8) is 0 Å². The zero-order valence-corrected chi connectivity index (χ0v) is 8.77. The van der Waals surface area contributed by atoms with Crippen molar-refractivity contribution in [1.29, 1.82) is 5.26 Å². The van der Waals surface area contributed by atoms with Crippen molar-refractivity contribution in [1.82, 2.24) is 14.7 Å². The molecule has 5 heteroatoms. The molecule has 0 atom stereocenters. The van der Waals surface area contributed by atoms with Gasteiger partial charge in [-0.1, -0.05) is 0 Å². The summed E-state index contributed by atoms with van der Waals surface area (Å²) in [5, 5.41) is 10.8. The third kappa shape index (κ3) is 1.86. The minimum Gasteiger partial charge on any atom is -0.338 e. The molecule has 2 heterocycles. The molecule has 5 nitrogen and oxygen atoms in total. The summed E-state index contributed by atoms with van der Waals surface area (Å²) in [6.07, 6.45) is 3.49. The molecule has 2 aromatic rings. The first kappa shape index (κ1) is 10.2. The van der Waals surface area contributed by atoms with Crippen LogP contribution in [0.2, 0.25) is 0 Å². The van der Waals surface area contributed by atoms with E-state index in [1.807, 2.05) is 31.3 Å². The molecule has 0 radical (unpaired) electrons. The largest absolute Gasteiger partial charge is 0.338 e. The maximum atomic E-state index is 11.5. The van der Waals surface area contributed by atoms with Gasteiger partial charge in [-0.3, -0.25) is 4.79 Å². The molecule has 0 bridgehead atoms. The number of rotatable bonds is 2. The summed E-state index contributed by atoms with van der Waals surface area (Å²) in [6, 6.07) is 5.67. The maximum absolute atomic E-state index is 11.5. The van der Waals surface area contributed by atoms with Crippen LogP contribution in [0, 0.1) is 18.3 Å². The van der Waals surface area contributed by atoms with Gasteiger partial charge in [0, 0.05) is 12.4 Å². The van der Waals surface area contributed by atoms with Gasteiger partial charge in [0.15, 0.2) is 0 Å². The van der Waals surface area contributed by atoms with Crippen LogP contribution < -0.4 is 5.32 Å². The number of fused-ring (bicyclic) bond motifs is 1. The predicted octanol–water partition coefficient (Wildman–Crippen LogP) is 0.896. The van der Waals surface area contributed by atoms with Crippen molar-refractivity contribution in [3.8, 4) is 6.07 Å². The van der Waals surface area contributed by atoms with Gasteiger partial charge in [0.25, 0.3) is 5.91 Å². The Kier molecular flexibility index (Phi) is 2.56. The number of carbonyl (C=O) groups is 1. The zero-order chi connectivity index (χ0) is 11.5. The molecule has 2 rings (SSSR count). The van der Waals surface area contributed by atoms with Crippen molar-refractivity contribution >= 4 is 11.6 Å². The molecule has 0 unspecified atom stereocenters. The number of amides is 1. The number of carbonyl (C=O) groups excluding carboxylic acids is 1. The van der Waals surface area contributed by atoms with Crippen LogP contribution in [-0.2, 0) is 0 Å². The summed E-state index contributed by atoms with van der Waals surface area (Å²) in [5.74, 6) is -0.331. The van der Waals surface area contributed by atoms with Gasteiger partial charge in [-0.2, -0.15) is 5.26 Å². The first-order chi connectivity index (χ1) is 7.70. The molecular weight excluding hydrogens is 204 g/mol. The normalized spacial score (nSPS) is 10.0. The van der Waals surface area contributed by atoms with E-state index in [4.69, 9.17) is 5.26 Å². The highest BCUT2D eigenvalue weighted by Crippen LogP contribution is 2.07. The quantitative estimate of drug-likeness (QED) is 0.755. The summed E-state index contributed by atoms with van der Waals surface area (Å²) in [5.41, 5.74) is 2.13. The molecule has 80 valence electrons. The molecule has 0 spiro atoms. The fraction of sp³-hybridized carbons (Fsp3) is 0.182. The van der Waals surface area contributed by atoms with E-state index in [0.29, 0.717) is 5.69 Å². The fourth-order valence-electron chi connectivity index (χ4n) is 1.40. The van der Waals surface area contributed by atoms with Crippen molar-refractivity contribution in [2.45, 2.75) is 6.92 Å². The van der Waals surface area contributed by atoms with Crippen LogP contribution in [0.25, 0.3) is 5.65 Å². The topological polar surface area (TPSA) is 70.2 Å². The number of nitriles is 1.